The zero-order valence-electron chi connectivity index (χ0n) is 20.8. The van der Waals surface area contributed by atoms with Crippen molar-refractivity contribution in [3.05, 3.63) is 18.2 Å². The van der Waals surface area contributed by atoms with Crippen LogP contribution in [-0.4, -0.2) is 97.6 Å². The number of imidazole rings is 1. The Labute approximate surface area is 221 Å². The predicted molar refractivity (Wildman–Crippen MR) is 133 cm³/mol. The van der Waals surface area contributed by atoms with Gasteiger partial charge in [0.1, 0.15) is 18.1 Å². The predicted octanol–water partition coefficient (Wildman–Crippen LogP) is -3.79. The standard InChI is InChI=1S/C21H33N9O9/c22-11(6-10-8-25-9-27-10)17(35)28-12(2-1-5-26-21(23)24)18(36)29-13(3-4-15(31)32)19(37)30-14(20(38)39)7-16(33)34/h8-9,11-14H,1-7,22H2,(H,25,27)(H,28,35)(H,29,36)(H,30,37)(H,31,32)(H,33,34)(H,38,39)(H4,23,24,26). The molecule has 3 amide bonds. The first-order chi connectivity index (χ1) is 18.3. The summed E-state index contributed by atoms with van der Waals surface area (Å²) in [7, 11) is 0. The van der Waals surface area contributed by atoms with Gasteiger partial charge in [0, 0.05) is 31.3 Å². The second-order valence-electron chi connectivity index (χ2n) is 8.39. The number of carbonyl (C=O) groups excluding carboxylic acids is 3. The van der Waals surface area contributed by atoms with Gasteiger partial charge in [-0.05, 0) is 19.3 Å². The van der Waals surface area contributed by atoms with E-state index in [1.165, 1.54) is 12.5 Å². The molecule has 13 N–H and O–H groups in total. The van der Waals surface area contributed by atoms with E-state index in [0.29, 0.717) is 5.69 Å². The van der Waals surface area contributed by atoms with Crippen LogP contribution in [0.1, 0.15) is 37.8 Å². The fourth-order valence-electron chi connectivity index (χ4n) is 3.23. The van der Waals surface area contributed by atoms with Crippen LogP contribution in [0.4, 0.5) is 0 Å². The van der Waals surface area contributed by atoms with Crippen LogP contribution in [0.2, 0.25) is 0 Å². The Morgan fingerprint density at radius 1 is 0.897 bits per heavy atom. The number of nitrogens with zero attached hydrogens (tertiary/aromatic N) is 2. The van der Waals surface area contributed by atoms with Crippen LogP contribution >= 0.6 is 0 Å². The molecule has 0 bridgehead atoms. The summed E-state index contributed by atoms with van der Waals surface area (Å²) in [6, 6.07) is -5.76. The summed E-state index contributed by atoms with van der Waals surface area (Å²) in [6.07, 6.45) is 1.11. The molecule has 0 aromatic carbocycles. The molecule has 0 radical (unpaired) electrons. The van der Waals surface area contributed by atoms with E-state index in [2.05, 4.69) is 25.6 Å². The SMILES string of the molecule is NC(N)=NCCCC(NC(=O)C(N)Cc1cnc[nH]1)C(=O)NC(CCC(=O)O)C(=O)NC(CC(=O)O)C(=O)O. The molecule has 1 aromatic heterocycles. The second kappa shape index (κ2) is 16.2. The average molecular weight is 556 g/mol. The summed E-state index contributed by atoms with van der Waals surface area (Å²) in [4.78, 5) is 82.2. The quantitative estimate of drug-likeness (QED) is 0.0472. The second-order valence-corrected chi connectivity index (χ2v) is 8.39. The molecular weight excluding hydrogens is 522 g/mol. The molecule has 4 atom stereocenters. The van der Waals surface area contributed by atoms with Gasteiger partial charge in [-0.2, -0.15) is 0 Å². The number of hydrogen-bond acceptors (Lipinski definition) is 9. The summed E-state index contributed by atoms with van der Waals surface area (Å²) in [5.41, 5.74) is 17.1. The Balaban J connectivity index is 3.05. The van der Waals surface area contributed by atoms with Crippen molar-refractivity contribution in [2.24, 2.45) is 22.2 Å². The first kappa shape index (κ1) is 32.3. The maximum absolute atomic E-state index is 13.1. The number of rotatable bonds is 18. The number of guanidine groups is 1. The number of aromatic nitrogens is 2. The third-order valence-corrected chi connectivity index (χ3v) is 5.18. The number of nitrogens with one attached hydrogen (secondary N) is 4. The molecule has 0 saturated carbocycles. The van der Waals surface area contributed by atoms with E-state index in [4.69, 9.17) is 27.4 Å². The van der Waals surface area contributed by atoms with Gasteiger partial charge in [0.15, 0.2) is 5.96 Å². The topological polar surface area (TPSA) is 318 Å². The van der Waals surface area contributed by atoms with Crippen LogP contribution in [0.3, 0.4) is 0 Å². The molecule has 216 valence electrons. The van der Waals surface area contributed by atoms with Crippen molar-refractivity contribution in [1.29, 1.82) is 0 Å². The van der Waals surface area contributed by atoms with Crippen molar-refractivity contribution in [2.45, 2.75) is 62.7 Å². The van der Waals surface area contributed by atoms with Crippen molar-refractivity contribution in [3.63, 3.8) is 0 Å². The molecule has 0 aliphatic carbocycles. The molecule has 1 rings (SSSR count). The Morgan fingerprint density at radius 3 is 2.00 bits per heavy atom. The highest BCUT2D eigenvalue weighted by molar-refractivity contribution is 5.94. The molecular formula is C21H33N9O9. The van der Waals surface area contributed by atoms with E-state index in [0.717, 1.165) is 0 Å². The van der Waals surface area contributed by atoms with Crippen molar-refractivity contribution in [3.8, 4) is 0 Å². The lowest BCUT2D eigenvalue weighted by atomic mass is 10.1. The summed E-state index contributed by atoms with van der Waals surface area (Å²) < 4.78 is 0. The van der Waals surface area contributed by atoms with E-state index in [-0.39, 0.29) is 31.8 Å². The average Bonchev–Trinajstić information content (AvgIpc) is 3.35. The number of nitrogens with two attached hydrogens (primary N) is 3. The highest BCUT2D eigenvalue weighted by Gasteiger charge is 2.31. The lowest BCUT2D eigenvalue weighted by Gasteiger charge is -2.25. The van der Waals surface area contributed by atoms with Crippen molar-refractivity contribution >= 4 is 41.6 Å². The number of aromatic amines is 1. The molecule has 18 heteroatoms. The summed E-state index contributed by atoms with van der Waals surface area (Å²) in [5, 5.41) is 33.8. The Kier molecular flexibility index (Phi) is 13.4. The Bertz CT molecular complexity index is 1040. The highest BCUT2D eigenvalue weighted by Crippen LogP contribution is 2.06. The van der Waals surface area contributed by atoms with Crippen molar-refractivity contribution in [1.82, 2.24) is 25.9 Å². The van der Waals surface area contributed by atoms with Gasteiger partial charge in [0.2, 0.25) is 17.7 Å². The van der Waals surface area contributed by atoms with Crippen LogP contribution in [0.5, 0.6) is 0 Å². The van der Waals surface area contributed by atoms with Gasteiger partial charge in [0.05, 0.1) is 18.8 Å². The number of aliphatic carboxylic acids is 3. The Hall–Kier alpha value is -4.74. The van der Waals surface area contributed by atoms with E-state index >= 15 is 0 Å². The lowest BCUT2D eigenvalue weighted by molar-refractivity contribution is -0.147. The number of carboxylic acid groups (broad SMARTS) is 3. The van der Waals surface area contributed by atoms with Crippen LogP contribution in [0.15, 0.2) is 17.5 Å². The van der Waals surface area contributed by atoms with Gasteiger partial charge in [-0.15, -0.1) is 0 Å². The van der Waals surface area contributed by atoms with Crippen LogP contribution in [0.25, 0.3) is 0 Å². The molecule has 0 fully saturated rings. The number of amides is 3. The van der Waals surface area contributed by atoms with Gasteiger partial charge < -0.3 is 53.5 Å². The van der Waals surface area contributed by atoms with Gasteiger partial charge in [-0.3, -0.25) is 29.0 Å². The maximum Gasteiger partial charge on any atom is 0.326 e. The fourth-order valence-corrected chi connectivity index (χ4v) is 3.23. The molecule has 0 spiro atoms. The zero-order valence-corrected chi connectivity index (χ0v) is 20.8. The number of aliphatic imine (C=N–C) groups is 1. The van der Waals surface area contributed by atoms with Crippen LogP contribution < -0.4 is 33.2 Å². The van der Waals surface area contributed by atoms with E-state index < -0.39 is 79.1 Å². The lowest BCUT2D eigenvalue weighted by Crippen LogP contribution is -2.57. The maximum atomic E-state index is 13.1. The van der Waals surface area contributed by atoms with Gasteiger partial charge in [-0.1, -0.05) is 0 Å². The van der Waals surface area contributed by atoms with Gasteiger partial charge in [-0.25, -0.2) is 9.78 Å². The third kappa shape index (κ3) is 12.9. The molecule has 39 heavy (non-hydrogen) atoms. The molecule has 0 saturated heterocycles. The van der Waals surface area contributed by atoms with Gasteiger partial charge in [0.25, 0.3) is 0 Å². The van der Waals surface area contributed by atoms with E-state index in [1.807, 2.05) is 5.32 Å². The molecule has 0 aliphatic rings. The largest absolute Gasteiger partial charge is 0.481 e. The van der Waals surface area contributed by atoms with Crippen LogP contribution in [0, 0.1) is 0 Å². The normalized spacial score (nSPS) is 13.7. The minimum atomic E-state index is -1.84. The summed E-state index contributed by atoms with van der Waals surface area (Å²) in [5.74, 6) is -7.41. The highest BCUT2D eigenvalue weighted by atomic mass is 16.4. The first-order valence-electron chi connectivity index (χ1n) is 11.7. The first-order valence-corrected chi connectivity index (χ1v) is 11.7. The van der Waals surface area contributed by atoms with E-state index in [1.54, 1.807) is 0 Å². The summed E-state index contributed by atoms with van der Waals surface area (Å²) >= 11 is 0. The summed E-state index contributed by atoms with van der Waals surface area (Å²) in [6.45, 7) is 0.0978. The minimum absolute atomic E-state index is 0.0187. The number of H-pyrrole nitrogens is 1. The molecule has 18 nitrogen and oxygen atoms in total. The molecule has 1 heterocycles. The fraction of sp³-hybridized carbons (Fsp3) is 0.524. The Morgan fingerprint density at radius 2 is 1.49 bits per heavy atom. The number of hydrogen-bond donors (Lipinski definition) is 10. The van der Waals surface area contributed by atoms with Crippen molar-refractivity contribution in [2.75, 3.05) is 6.54 Å². The number of carboxylic acids is 3. The number of carbonyl (C=O) groups is 6. The van der Waals surface area contributed by atoms with Gasteiger partial charge >= 0.3 is 17.9 Å². The molecule has 0 aliphatic heterocycles. The smallest absolute Gasteiger partial charge is 0.326 e. The van der Waals surface area contributed by atoms with Crippen LogP contribution in [-0.2, 0) is 35.2 Å². The molecule has 4 unspecified atom stereocenters. The minimum Gasteiger partial charge on any atom is -0.481 e. The zero-order chi connectivity index (χ0) is 29.5. The third-order valence-electron chi connectivity index (χ3n) is 5.18. The van der Waals surface area contributed by atoms with Crippen molar-refractivity contribution < 1.29 is 44.1 Å². The molecule has 1 aromatic rings. The monoisotopic (exact) mass is 555 g/mol. The van der Waals surface area contributed by atoms with E-state index in [9.17, 15) is 33.9 Å².